The highest BCUT2D eigenvalue weighted by Gasteiger charge is 2.11. The van der Waals surface area contributed by atoms with Gasteiger partial charge in [0.1, 0.15) is 0 Å². The standard InChI is InChI=1S/C10H13NO2.ClH/c1-7-4-2-3-5-8(7)9(11)6-10(12)13;/h2-5,9H,6,11H2,1H3,(H,12,13);1H/t9-;/m0./s1. The summed E-state index contributed by atoms with van der Waals surface area (Å²) < 4.78 is 0. The minimum atomic E-state index is -0.865. The number of rotatable bonds is 3. The molecule has 4 heteroatoms. The number of halogens is 1. The SMILES string of the molecule is Cc1ccccc1[C@@H](N)CC(=O)O.Cl. The number of nitrogens with two attached hydrogens (primary N) is 1. The zero-order valence-corrected chi connectivity index (χ0v) is 8.75. The minimum absolute atomic E-state index is 0. The smallest absolute Gasteiger partial charge is 0.305 e. The molecule has 3 nitrogen and oxygen atoms in total. The van der Waals surface area contributed by atoms with E-state index in [1.54, 1.807) is 0 Å². The molecule has 1 aromatic carbocycles. The molecule has 0 spiro atoms. The van der Waals surface area contributed by atoms with Gasteiger partial charge in [0, 0.05) is 6.04 Å². The molecule has 0 bridgehead atoms. The van der Waals surface area contributed by atoms with Crippen molar-refractivity contribution in [2.24, 2.45) is 5.73 Å². The number of hydrogen-bond donors (Lipinski definition) is 2. The summed E-state index contributed by atoms with van der Waals surface area (Å²) in [5, 5.41) is 8.56. The van der Waals surface area contributed by atoms with Gasteiger partial charge in [0.25, 0.3) is 0 Å². The molecule has 0 heterocycles. The molecular weight excluding hydrogens is 202 g/mol. The number of carbonyl (C=O) groups is 1. The first-order chi connectivity index (χ1) is 6.11. The Labute approximate surface area is 89.3 Å². The van der Waals surface area contributed by atoms with Gasteiger partial charge < -0.3 is 10.8 Å². The van der Waals surface area contributed by atoms with Gasteiger partial charge in [0.05, 0.1) is 6.42 Å². The van der Waals surface area contributed by atoms with E-state index in [1.807, 2.05) is 31.2 Å². The van der Waals surface area contributed by atoms with Crippen LogP contribution in [-0.2, 0) is 4.79 Å². The van der Waals surface area contributed by atoms with Crippen molar-refractivity contribution in [1.29, 1.82) is 0 Å². The number of benzene rings is 1. The molecule has 0 aliphatic carbocycles. The predicted molar refractivity (Wildman–Crippen MR) is 57.6 cm³/mol. The molecule has 1 aromatic rings. The van der Waals surface area contributed by atoms with Crippen LogP contribution in [0.25, 0.3) is 0 Å². The highest BCUT2D eigenvalue weighted by atomic mass is 35.5. The maximum absolute atomic E-state index is 10.4. The molecule has 0 saturated carbocycles. The van der Waals surface area contributed by atoms with Crippen molar-refractivity contribution in [2.45, 2.75) is 19.4 Å². The Morgan fingerprint density at radius 2 is 2.07 bits per heavy atom. The fraction of sp³-hybridized carbons (Fsp3) is 0.300. The van der Waals surface area contributed by atoms with Crippen molar-refractivity contribution in [1.82, 2.24) is 0 Å². The topological polar surface area (TPSA) is 63.3 Å². The number of aryl methyl sites for hydroxylation is 1. The van der Waals surface area contributed by atoms with Crippen molar-refractivity contribution in [3.8, 4) is 0 Å². The molecule has 0 amide bonds. The van der Waals surface area contributed by atoms with Crippen LogP contribution in [0.4, 0.5) is 0 Å². The molecular formula is C10H14ClNO2. The van der Waals surface area contributed by atoms with Gasteiger partial charge in [-0.1, -0.05) is 24.3 Å². The normalized spacial score (nSPS) is 11.6. The third kappa shape index (κ3) is 3.36. The van der Waals surface area contributed by atoms with E-state index in [4.69, 9.17) is 10.8 Å². The van der Waals surface area contributed by atoms with Gasteiger partial charge in [-0.2, -0.15) is 0 Å². The van der Waals surface area contributed by atoms with Crippen LogP contribution >= 0.6 is 12.4 Å². The second-order valence-electron chi connectivity index (χ2n) is 3.06. The van der Waals surface area contributed by atoms with Crippen molar-refractivity contribution in [3.05, 3.63) is 35.4 Å². The summed E-state index contributed by atoms with van der Waals surface area (Å²) in [6, 6.07) is 7.16. The lowest BCUT2D eigenvalue weighted by Crippen LogP contribution is -2.15. The Kier molecular flexibility index (Phi) is 5.20. The maximum atomic E-state index is 10.4. The van der Waals surface area contributed by atoms with Crippen LogP contribution in [0.2, 0.25) is 0 Å². The van der Waals surface area contributed by atoms with Gasteiger partial charge in [0.2, 0.25) is 0 Å². The van der Waals surface area contributed by atoms with Crippen molar-refractivity contribution in [3.63, 3.8) is 0 Å². The zero-order chi connectivity index (χ0) is 9.84. The van der Waals surface area contributed by atoms with Gasteiger partial charge in [-0.3, -0.25) is 4.79 Å². The van der Waals surface area contributed by atoms with Crippen LogP contribution in [0.3, 0.4) is 0 Å². The summed E-state index contributed by atoms with van der Waals surface area (Å²) in [6.07, 6.45) is -0.0230. The highest BCUT2D eigenvalue weighted by molar-refractivity contribution is 5.85. The largest absolute Gasteiger partial charge is 0.481 e. The molecule has 0 aliphatic heterocycles. The van der Waals surface area contributed by atoms with E-state index >= 15 is 0 Å². The summed E-state index contributed by atoms with van der Waals surface area (Å²) in [5.74, 6) is -0.865. The van der Waals surface area contributed by atoms with E-state index in [0.717, 1.165) is 11.1 Å². The second-order valence-corrected chi connectivity index (χ2v) is 3.06. The van der Waals surface area contributed by atoms with Crippen LogP contribution in [0.15, 0.2) is 24.3 Å². The molecule has 0 fully saturated rings. The zero-order valence-electron chi connectivity index (χ0n) is 7.93. The quantitative estimate of drug-likeness (QED) is 0.810. The fourth-order valence-corrected chi connectivity index (χ4v) is 1.30. The van der Waals surface area contributed by atoms with Crippen molar-refractivity contribution < 1.29 is 9.90 Å². The lowest BCUT2D eigenvalue weighted by molar-refractivity contribution is -0.137. The number of carboxylic acids is 1. The average Bonchev–Trinajstić information content (AvgIpc) is 2.03. The first-order valence-electron chi connectivity index (χ1n) is 4.14. The Hall–Kier alpha value is -1.06. The molecule has 0 aliphatic rings. The first-order valence-corrected chi connectivity index (χ1v) is 4.14. The van der Waals surface area contributed by atoms with Gasteiger partial charge in [-0.15, -0.1) is 12.4 Å². The Balaban J connectivity index is 0.00000169. The summed E-state index contributed by atoms with van der Waals surface area (Å²) in [4.78, 5) is 10.4. The van der Waals surface area contributed by atoms with E-state index in [0.29, 0.717) is 0 Å². The minimum Gasteiger partial charge on any atom is -0.481 e. The molecule has 0 aromatic heterocycles. The Bertz CT molecular complexity index is 315. The van der Waals surface area contributed by atoms with Crippen molar-refractivity contribution >= 4 is 18.4 Å². The average molecular weight is 216 g/mol. The molecule has 0 unspecified atom stereocenters. The van der Waals surface area contributed by atoms with Crippen LogP contribution in [0.1, 0.15) is 23.6 Å². The van der Waals surface area contributed by atoms with Crippen LogP contribution in [0, 0.1) is 6.92 Å². The Morgan fingerprint density at radius 1 is 1.50 bits per heavy atom. The second kappa shape index (κ2) is 5.62. The molecule has 78 valence electrons. The highest BCUT2D eigenvalue weighted by Crippen LogP contribution is 2.17. The molecule has 1 atom stereocenters. The number of hydrogen-bond acceptors (Lipinski definition) is 2. The van der Waals surface area contributed by atoms with Gasteiger partial charge in [0.15, 0.2) is 0 Å². The number of carboxylic acid groups (broad SMARTS) is 1. The summed E-state index contributed by atoms with van der Waals surface area (Å²) in [7, 11) is 0. The fourth-order valence-electron chi connectivity index (χ4n) is 1.30. The van der Waals surface area contributed by atoms with Crippen LogP contribution in [-0.4, -0.2) is 11.1 Å². The number of aliphatic carboxylic acids is 1. The summed E-state index contributed by atoms with van der Waals surface area (Å²) >= 11 is 0. The van der Waals surface area contributed by atoms with Crippen LogP contribution in [0.5, 0.6) is 0 Å². The lowest BCUT2D eigenvalue weighted by Gasteiger charge is -2.11. The molecule has 0 saturated heterocycles. The first kappa shape index (κ1) is 12.9. The summed E-state index contributed by atoms with van der Waals surface area (Å²) in [6.45, 7) is 1.93. The van der Waals surface area contributed by atoms with Gasteiger partial charge >= 0.3 is 5.97 Å². The van der Waals surface area contributed by atoms with Crippen molar-refractivity contribution in [2.75, 3.05) is 0 Å². The monoisotopic (exact) mass is 215 g/mol. The summed E-state index contributed by atoms with van der Waals surface area (Å²) in [5.41, 5.74) is 7.66. The molecule has 3 N–H and O–H groups in total. The van der Waals surface area contributed by atoms with E-state index < -0.39 is 12.0 Å². The maximum Gasteiger partial charge on any atom is 0.305 e. The van der Waals surface area contributed by atoms with Crippen LogP contribution < -0.4 is 5.73 Å². The molecule has 14 heavy (non-hydrogen) atoms. The van der Waals surface area contributed by atoms with Gasteiger partial charge in [-0.25, -0.2) is 0 Å². The molecule has 0 radical (unpaired) electrons. The van der Waals surface area contributed by atoms with E-state index in [2.05, 4.69) is 0 Å². The Morgan fingerprint density at radius 3 is 2.57 bits per heavy atom. The lowest BCUT2D eigenvalue weighted by atomic mass is 10.00. The predicted octanol–water partition coefficient (Wildman–Crippen LogP) is 1.89. The third-order valence-corrected chi connectivity index (χ3v) is 1.98. The van der Waals surface area contributed by atoms with E-state index in [9.17, 15) is 4.79 Å². The van der Waals surface area contributed by atoms with E-state index in [1.165, 1.54) is 0 Å². The molecule has 1 rings (SSSR count). The third-order valence-electron chi connectivity index (χ3n) is 1.98. The van der Waals surface area contributed by atoms with E-state index in [-0.39, 0.29) is 18.8 Å². The van der Waals surface area contributed by atoms with Gasteiger partial charge in [-0.05, 0) is 18.1 Å².